The van der Waals surface area contributed by atoms with E-state index in [2.05, 4.69) is 18.8 Å². The highest BCUT2D eigenvalue weighted by Crippen LogP contribution is 2.33. The van der Waals surface area contributed by atoms with Crippen LogP contribution in [0.2, 0.25) is 0 Å². The number of carbonyl (C=O) groups excluding carboxylic acids is 1. The first-order valence-corrected chi connectivity index (χ1v) is 10.5. The minimum Gasteiger partial charge on any atom is -0.493 e. The summed E-state index contributed by atoms with van der Waals surface area (Å²) in [6, 6.07) is 15.8. The predicted molar refractivity (Wildman–Crippen MR) is 117 cm³/mol. The van der Waals surface area contributed by atoms with E-state index in [9.17, 15) is 4.79 Å². The molecule has 0 aliphatic carbocycles. The van der Waals surface area contributed by atoms with Crippen LogP contribution >= 0.6 is 11.3 Å². The largest absolute Gasteiger partial charge is 0.493 e. The number of carbonyl (C=O) groups is 1. The zero-order valence-electron chi connectivity index (χ0n) is 17.2. The third-order valence-corrected chi connectivity index (χ3v) is 5.82. The normalized spacial score (nSPS) is 11.7. The number of ether oxygens (including phenoxy) is 2. The molecule has 3 rings (SSSR count). The van der Waals surface area contributed by atoms with E-state index < -0.39 is 0 Å². The summed E-state index contributed by atoms with van der Waals surface area (Å²) in [5.74, 6) is 1.25. The van der Waals surface area contributed by atoms with Crippen molar-refractivity contribution in [2.75, 3.05) is 14.2 Å². The van der Waals surface area contributed by atoms with E-state index in [1.165, 1.54) is 11.3 Å². The first-order chi connectivity index (χ1) is 14.1. The highest BCUT2D eigenvalue weighted by molar-refractivity contribution is 7.13. The monoisotopic (exact) mass is 410 g/mol. The van der Waals surface area contributed by atoms with Crippen molar-refractivity contribution in [2.45, 2.75) is 32.9 Å². The maximum atomic E-state index is 13.2. The van der Waals surface area contributed by atoms with Crippen LogP contribution in [0, 0.1) is 0 Å². The Morgan fingerprint density at radius 1 is 1.10 bits per heavy atom. The Bertz CT molecular complexity index is 956. The van der Waals surface area contributed by atoms with Gasteiger partial charge in [0.2, 0.25) is 0 Å². The molecule has 1 aromatic heterocycles. The average Bonchev–Trinajstić information content (AvgIpc) is 3.27. The molecule has 0 saturated heterocycles. The SMILES string of the molecule is CC[C@@H](C)N(Cc1ccccc1)C(=O)c1csc(-c2ccc(OC)c(OC)c2)n1. The number of benzene rings is 2. The van der Waals surface area contributed by atoms with Crippen LogP contribution in [-0.2, 0) is 6.54 Å². The third-order valence-electron chi connectivity index (χ3n) is 4.93. The fraction of sp³-hybridized carbons (Fsp3) is 0.304. The van der Waals surface area contributed by atoms with Crippen molar-refractivity contribution >= 4 is 17.2 Å². The van der Waals surface area contributed by atoms with Gasteiger partial charge in [0.05, 0.1) is 14.2 Å². The Morgan fingerprint density at radius 3 is 2.48 bits per heavy atom. The second kappa shape index (κ2) is 9.56. The van der Waals surface area contributed by atoms with Gasteiger partial charge in [-0.05, 0) is 37.1 Å². The van der Waals surface area contributed by atoms with Crippen molar-refractivity contribution < 1.29 is 14.3 Å². The number of thiazole rings is 1. The number of hydrogen-bond donors (Lipinski definition) is 0. The van der Waals surface area contributed by atoms with E-state index in [0.717, 1.165) is 22.6 Å². The van der Waals surface area contributed by atoms with Gasteiger partial charge in [-0.2, -0.15) is 0 Å². The van der Waals surface area contributed by atoms with Crippen molar-refractivity contribution in [1.29, 1.82) is 0 Å². The van der Waals surface area contributed by atoms with Crippen LogP contribution < -0.4 is 9.47 Å². The van der Waals surface area contributed by atoms with Crippen LogP contribution in [0.5, 0.6) is 11.5 Å². The quantitative estimate of drug-likeness (QED) is 0.508. The van der Waals surface area contributed by atoms with Crippen molar-refractivity contribution in [3.8, 4) is 22.1 Å². The smallest absolute Gasteiger partial charge is 0.273 e. The Balaban J connectivity index is 1.86. The molecule has 0 N–H and O–H groups in total. The van der Waals surface area contributed by atoms with Gasteiger partial charge in [-0.25, -0.2) is 4.98 Å². The fourth-order valence-corrected chi connectivity index (χ4v) is 3.84. The molecule has 0 spiro atoms. The summed E-state index contributed by atoms with van der Waals surface area (Å²) in [6.45, 7) is 4.73. The van der Waals surface area contributed by atoms with Crippen molar-refractivity contribution in [1.82, 2.24) is 9.88 Å². The first-order valence-electron chi connectivity index (χ1n) is 9.60. The second-order valence-electron chi connectivity index (χ2n) is 6.78. The molecule has 1 heterocycles. The maximum Gasteiger partial charge on any atom is 0.273 e. The number of amides is 1. The molecule has 0 fully saturated rings. The lowest BCUT2D eigenvalue weighted by atomic mass is 10.1. The Morgan fingerprint density at radius 2 is 1.83 bits per heavy atom. The van der Waals surface area contributed by atoms with Crippen LogP contribution in [0.4, 0.5) is 0 Å². The molecule has 0 aliphatic rings. The molecule has 0 bridgehead atoms. The predicted octanol–water partition coefficient (Wildman–Crippen LogP) is 5.27. The highest BCUT2D eigenvalue weighted by Gasteiger charge is 2.23. The van der Waals surface area contributed by atoms with Crippen LogP contribution in [0.3, 0.4) is 0 Å². The first kappa shape index (κ1) is 20.9. The van der Waals surface area contributed by atoms with E-state index in [1.807, 2.05) is 58.8 Å². The summed E-state index contributed by atoms with van der Waals surface area (Å²) in [4.78, 5) is 19.8. The molecule has 0 saturated carbocycles. The average molecular weight is 411 g/mol. The Labute approximate surface area is 175 Å². The lowest BCUT2D eigenvalue weighted by Crippen LogP contribution is -2.38. The molecule has 5 nitrogen and oxygen atoms in total. The van der Waals surface area contributed by atoms with Gasteiger partial charge in [-0.15, -0.1) is 11.3 Å². The number of aromatic nitrogens is 1. The summed E-state index contributed by atoms with van der Waals surface area (Å²) >= 11 is 1.45. The summed E-state index contributed by atoms with van der Waals surface area (Å²) in [5, 5.41) is 2.60. The summed E-state index contributed by atoms with van der Waals surface area (Å²) in [5.41, 5.74) is 2.47. The molecule has 152 valence electrons. The van der Waals surface area contributed by atoms with E-state index >= 15 is 0 Å². The van der Waals surface area contributed by atoms with Crippen LogP contribution in [-0.4, -0.2) is 36.1 Å². The second-order valence-corrected chi connectivity index (χ2v) is 7.64. The van der Waals surface area contributed by atoms with Gasteiger partial charge in [0, 0.05) is 23.5 Å². The number of rotatable bonds is 8. The molecular weight excluding hydrogens is 384 g/mol. The van der Waals surface area contributed by atoms with Crippen LogP contribution in [0.1, 0.15) is 36.3 Å². The molecule has 3 aromatic rings. The molecular formula is C23H26N2O3S. The fourth-order valence-electron chi connectivity index (χ4n) is 3.05. The summed E-state index contributed by atoms with van der Waals surface area (Å²) in [6.07, 6.45) is 0.880. The van der Waals surface area contributed by atoms with Crippen LogP contribution in [0.15, 0.2) is 53.9 Å². The third kappa shape index (κ3) is 4.77. The molecule has 6 heteroatoms. The van der Waals surface area contributed by atoms with Crippen molar-refractivity contribution in [2.24, 2.45) is 0 Å². The van der Waals surface area contributed by atoms with Crippen LogP contribution in [0.25, 0.3) is 10.6 Å². The number of hydrogen-bond acceptors (Lipinski definition) is 5. The molecule has 0 unspecified atom stereocenters. The minimum absolute atomic E-state index is 0.0498. The standard InChI is InChI=1S/C23H26N2O3S/c1-5-16(2)25(14-17-9-7-6-8-10-17)23(26)19-15-29-22(24-19)18-11-12-20(27-3)21(13-18)28-4/h6-13,15-16H,5,14H2,1-4H3/t16-/m1/s1. The molecule has 29 heavy (non-hydrogen) atoms. The summed E-state index contributed by atoms with van der Waals surface area (Å²) < 4.78 is 10.7. The molecule has 1 amide bonds. The molecule has 2 aromatic carbocycles. The Hall–Kier alpha value is -2.86. The highest BCUT2D eigenvalue weighted by atomic mass is 32.1. The maximum absolute atomic E-state index is 13.2. The van der Waals surface area contributed by atoms with Gasteiger partial charge >= 0.3 is 0 Å². The molecule has 1 atom stereocenters. The molecule has 0 radical (unpaired) electrons. The van der Waals surface area contributed by atoms with E-state index in [-0.39, 0.29) is 11.9 Å². The zero-order chi connectivity index (χ0) is 20.8. The number of nitrogens with zero attached hydrogens (tertiary/aromatic N) is 2. The van der Waals surface area contributed by atoms with Crippen molar-refractivity contribution in [3.63, 3.8) is 0 Å². The van der Waals surface area contributed by atoms with Gasteiger partial charge < -0.3 is 14.4 Å². The van der Waals surface area contributed by atoms with Gasteiger partial charge in [0.1, 0.15) is 10.7 Å². The Kier molecular flexibility index (Phi) is 6.88. The van der Waals surface area contributed by atoms with Gasteiger partial charge in [0.15, 0.2) is 11.5 Å². The van der Waals surface area contributed by atoms with Crippen molar-refractivity contribution in [3.05, 3.63) is 65.2 Å². The number of methoxy groups -OCH3 is 2. The lowest BCUT2D eigenvalue weighted by molar-refractivity contribution is 0.0666. The minimum atomic E-state index is -0.0498. The zero-order valence-corrected chi connectivity index (χ0v) is 18.0. The van der Waals surface area contributed by atoms with Gasteiger partial charge in [0.25, 0.3) is 5.91 Å². The van der Waals surface area contributed by atoms with Gasteiger partial charge in [-0.3, -0.25) is 4.79 Å². The van der Waals surface area contributed by atoms with E-state index in [0.29, 0.717) is 23.7 Å². The molecule has 0 aliphatic heterocycles. The lowest BCUT2D eigenvalue weighted by Gasteiger charge is -2.28. The van der Waals surface area contributed by atoms with Gasteiger partial charge in [-0.1, -0.05) is 37.3 Å². The van der Waals surface area contributed by atoms with E-state index in [1.54, 1.807) is 14.2 Å². The summed E-state index contributed by atoms with van der Waals surface area (Å²) in [7, 11) is 3.21. The topological polar surface area (TPSA) is 51.7 Å². The van der Waals surface area contributed by atoms with E-state index in [4.69, 9.17) is 9.47 Å².